The molecule has 0 bridgehead atoms. The fraction of sp³-hybridized carbons (Fsp3) is 0.750. The molecule has 0 aromatic carbocycles. The molecule has 0 aromatic heterocycles. The Balaban J connectivity index is 2.45. The molecule has 2 rings (SSSR count). The van der Waals surface area contributed by atoms with E-state index < -0.39 is 11.9 Å². The van der Waals surface area contributed by atoms with Crippen LogP contribution >= 0.6 is 0 Å². The number of hydrogen-bond acceptors (Lipinski definition) is 2. The number of fused-ring (bicyclic) bond motifs is 1. The molecule has 0 radical (unpaired) electrons. The molecular formula is C16H24O4. The molecule has 1 saturated carbocycles. The molecule has 2 aliphatic rings. The summed E-state index contributed by atoms with van der Waals surface area (Å²) in [4.78, 5) is 22.8. The highest BCUT2D eigenvalue weighted by Gasteiger charge is 2.55. The first-order valence-corrected chi connectivity index (χ1v) is 7.37. The highest BCUT2D eigenvalue weighted by atomic mass is 16.4. The summed E-state index contributed by atoms with van der Waals surface area (Å²) in [7, 11) is 0. The van der Waals surface area contributed by atoms with E-state index in [1.165, 1.54) is 0 Å². The van der Waals surface area contributed by atoms with E-state index in [0.717, 1.165) is 25.7 Å². The van der Waals surface area contributed by atoms with Gasteiger partial charge in [0.05, 0.1) is 6.42 Å². The van der Waals surface area contributed by atoms with Gasteiger partial charge in [0.2, 0.25) is 0 Å². The topological polar surface area (TPSA) is 74.6 Å². The van der Waals surface area contributed by atoms with Crippen LogP contribution in [-0.2, 0) is 9.59 Å². The SMILES string of the molecule is C[C@H]1CC[C@]2(C)C(C(=O)O)=CCC[C@@H]2[C@@]1(C)CC(=O)O. The summed E-state index contributed by atoms with van der Waals surface area (Å²) in [5, 5.41) is 18.7. The third-order valence-corrected chi connectivity index (χ3v) is 5.97. The molecule has 0 unspecified atom stereocenters. The van der Waals surface area contributed by atoms with E-state index in [1.54, 1.807) is 0 Å². The van der Waals surface area contributed by atoms with E-state index >= 15 is 0 Å². The van der Waals surface area contributed by atoms with Gasteiger partial charge in [-0.2, -0.15) is 0 Å². The number of carboxylic acids is 2. The third kappa shape index (κ3) is 2.15. The monoisotopic (exact) mass is 280 g/mol. The van der Waals surface area contributed by atoms with Crippen molar-refractivity contribution in [2.45, 2.75) is 52.9 Å². The minimum atomic E-state index is -0.843. The van der Waals surface area contributed by atoms with Gasteiger partial charge in [0.1, 0.15) is 0 Å². The summed E-state index contributed by atoms with van der Waals surface area (Å²) in [6.07, 6.45) is 5.33. The van der Waals surface area contributed by atoms with E-state index in [2.05, 4.69) is 6.92 Å². The van der Waals surface area contributed by atoms with Gasteiger partial charge in [0.15, 0.2) is 0 Å². The second kappa shape index (κ2) is 4.90. The van der Waals surface area contributed by atoms with Crippen molar-refractivity contribution in [3.63, 3.8) is 0 Å². The molecule has 0 amide bonds. The van der Waals surface area contributed by atoms with Crippen LogP contribution in [0.1, 0.15) is 52.9 Å². The van der Waals surface area contributed by atoms with Gasteiger partial charge in [-0.25, -0.2) is 4.79 Å². The standard InChI is InChI=1S/C16H24O4/c1-10-7-8-15(2)11(14(19)20)5-4-6-12(15)16(10,3)9-13(17)18/h5,10,12H,4,6-9H2,1-3H3,(H,17,18)(H,19,20)/t10-,12-,15+,16-/m0/s1. The zero-order valence-corrected chi connectivity index (χ0v) is 12.5. The van der Waals surface area contributed by atoms with Gasteiger partial charge in [-0.15, -0.1) is 0 Å². The van der Waals surface area contributed by atoms with Crippen LogP contribution in [-0.4, -0.2) is 22.2 Å². The van der Waals surface area contributed by atoms with E-state index in [0.29, 0.717) is 11.5 Å². The van der Waals surface area contributed by atoms with Gasteiger partial charge < -0.3 is 10.2 Å². The molecule has 0 aromatic rings. The molecule has 0 aliphatic heterocycles. The van der Waals surface area contributed by atoms with Gasteiger partial charge >= 0.3 is 11.9 Å². The first-order valence-electron chi connectivity index (χ1n) is 7.37. The predicted octanol–water partition coefficient (Wildman–Crippen LogP) is 3.32. The molecule has 20 heavy (non-hydrogen) atoms. The lowest BCUT2D eigenvalue weighted by molar-refractivity contribution is -0.146. The number of carboxylic acid groups (broad SMARTS) is 2. The van der Waals surface area contributed by atoms with Crippen molar-refractivity contribution in [2.75, 3.05) is 0 Å². The first kappa shape index (κ1) is 15.1. The zero-order valence-electron chi connectivity index (χ0n) is 12.5. The maximum Gasteiger partial charge on any atom is 0.331 e. The molecular weight excluding hydrogens is 256 g/mol. The van der Waals surface area contributed by atoms with Gasteiger partial charge in [-0.3, -0.25) is 4.79 Å². The molecule has 4 nitrogen and oxygen atoms in total. The average molecular weight is 280 g/mol. The summed E-state index contributed by atoms with van der Waals surface area (Å²) in [6, 6.07) is 0. The molecule has 112 valence electrons. The van der Waals surface area contributed by atoms with Gasteiger partial charge in [-0.05, 0) is 42.9 Å². The normalized spacial score (nSPS) is 40.6. The molecule has 1 fully saturated rings. The molecule has 0 saturated heterocycles. The Bertz CT molecular complexity index is 467. The smallest absolute Gasteiger partial charge is 0.331 e. The first-order chi connectivity index (χ1) is 9.21. The minimum absolute atomic E-state index is 0.126. The fourth-order valence-electron chi connectivity index (χ4n) is 4.64. The van der Waals surface area contributed by atoms with E-state index in [-0.39, 0.29) is 23.2 Å². The van der Waals surface area contributed by atoms with Gasteiger partial charge in [0.25, 0.3) is 0 Å². The van der Waals surface area contributed by atoms with Crippen molar-refractivity contribution in [3.05, 3.63) is 11.6 Å². The Morgan fingerprint density at radius 1 is 1.30 bits per heavy atom. The Hall–Kier alpha value is -1.32. The van der Waals surface area contributed by atoms with Crippen LogP contribution in [0.5, 0.6) is 0 Å². The van der Waals surface area contributed by atoms with Crippen molar-refractivity contribution in [3.8, 4) is 0 Å². The summed E-state index contributed by atoms with van der Waals surface area (Å²) >= 11 is 0. The molecule has 0 spiro atoms. The van der Waals surface area contributed by atoms with Crippen LogP contribution in [0.15, 0.2) is 11.6 Å². The van der Waals surface area contributed by atoms with Crippen molar-refractivity contribution in [1.29, 1.82) is 0 Å². The van der Waals surface area contributed by atoms with Gasteiger partial charge in [-0.1, -0.05) is 26.8 Å². The number of hydrogen-bond donors (Lipinski definition) is 2. The maximum atomic E-state index is 11.5. The number of rotatable bonds is 3. The third-order valence-electron chi connectivity index (χ3n) is 5.97. The fourth-order valence-corrected chi connectivity index (χ4v) is 4.64. The van der Waals surface area contributed by atoms with Crippen LogP contribution in [0.4, 0.5) is 0 Å². The second-order valence-electron chi connectivity index (χ2n) is 6.99. The van der Waals surface area contributed by atoms with Crippen LogP contribution in [0.2, 0.25) is 0 Å². The summed E-state index contributed by atoms with van der Waals surface area (Å²) < 4.78 is 0. The molecule has 2 aliphatic carbocycles. The van der Waals surface area contributed by atoms with E-state index in [4.69, 9.17) is 0 Å². The number of carbonyl (C=O) groups is 2. The van der Waals surface area contributed by atoms with Crippen molar-refractivity contribution < 1.29 is 19.8 Å². The summed E-state index contributed by atoms with van der Waals surface area (Å²) in [6.45, 7) is 6.17. The van der Waals surface area contributed by atoms with Crippen molar-refractivity contribution in [1.82, 2.24) is 0 Å². The average Bonchev–Trinajstić information content (AvgIpc) is 2.33. The molecule has 2 N–H and O–H groups in total. The molecule has 0 heterocycles. The van der Waals surface area contributed by atoms with E-state index in [9.17, 15) is 19.8 Å². The number of allylic oxidation sites excluding steroid dienone is 1. The lowest BCUT2D eigenvalue weighted by Gasteiger charge is -2.57. The Morgan fingerprint density at radius 3 is 2.50 bits per heavy atom. The predicted molar refractivity (Wildman–Crippen MR) is 75.3 cm³/mol. The van der Waals surface area contributed by atoms with Gasteiger partial charge in [0, 0.05) is 11.0 Å². The summed E-state index contributed by atoms with van der Waals surface area (Å²) in [5.41, 5.74) is -0.216. The Morgan fingerprint density at radius 2 is 1.95 bits per heavy atom. The molecule has 4 heteroatoms. The highest BCUT2D eigenvalue weighted by molar-refractivity contribution is 5.88. The van der Waals surface area contributed by atoms with Crippen LogP contribution < -0.4 is 0 Å². The minimum Gasteiger partial charge on any atom is -0.481 e. The zero-order chi connectivity index (χ0) is 15.1. The lowest BCUT2D eigenvalue weighted by atomic mass is 9.47. The van der Waals surface area contributed by atoms with E-state index in [1.807, 2.05) is 19.9 Å². The van der Waals surface area contributed by atoms with Crippen LogP contribution in [0, 0.1) is 22.7 Å². The van der Waals surface area contributed by atoms with Crippen LogP contribution in [0.3, 0.4) is 0 Å². The molecule has 4 atom stereocenters. The van der Waals surface area contributed by atoms with Crippen molar-refractivity contribution >= 4 is 11.9 Å². The highest BCUT2D eigenvalue weighted by Crippen LogP contribution is 2.61. The Labute approximate surface area is 119 Å². The maximum absolute atomic E-state index is 11.5. The number of aliphatic carboxylic acids is 2. The lowest BCUT2D eigenvalue weighted by Crippen LogP contribution is -2.51. The second-order valence-corrected chi connectivity index (χ2v) is 6.99. The van der Waals surface area contributed by atoms with Crippen LogP contribution in [0.25, 0.3) is 0 Å². The quantitative estimate of drug-likeness (QED) is 0.831. The van der Waals surface area contributed by atoms with Crippen molar-refractivity contribution in [2.24, 2.45) is 22.7 Å². The largest absolute Gasteiger partial charge is 0.481 e. The summed E-state index contributed by atoms with van der Waals surface area (Å²) in [5.74, 6) is -1.18. The Kier molecular flexibility index (Phi) is 3.69.